The summed E-state index contributed by atoms with van der Waals surface area (Å²) in [6.45, 7) is 6.17. The molecule has 0 aromatic heterocycles. The number of carbonyl (C=O) groups excluding carboxylic acids is 3. The molecule has 0 N–H and O–H groups in total. The molecule has 50 heavy (non-hydrogen) atoms. The van der Waals surface area contributed by atoms with Gasteiger partial charge in [-0.15, -0.1) is 0 Å². The Kier molecular flexibility index (Phi) is 35.8. The Hall–Kier alpha value is -3.41. The zero-order chi connectivity index (χ0) is 36.6. The molecular weight excluding hydrogens is 624 g/mol. The molecule has 0 aliphatic heterocycles. The second kappa shape index (κ2) is 38.4. The van der Waals surface area contributed by atoms with Gasteiger partial charge in [-0.2, -0.15) is 0 Å². The van der Waals surface area contributed by atoms with Gasteiger partial charge in [-0.05, 0) is 77.0 Å². The zero-order valence-corrected chi connectivity index (χ0v) is 31.9. The molecule has 0 aromatic carbocycles. The van der Waals surface area contributed by atoms with Gasteiger partial charge in [0, 0.05) is 12.8 Å². The topological polar surface area (TPSA) is 78.9 Å². The summed E-state index contributed by atoms with van der Waals surface area (Å²) < 4.78 is 16.4. The number of unbranched alkanes of at least 4 members (excludes halogenated alkanes) is 10. The van der Waals surface area contributed by atoms with Crippen molar-refractivity contribution in [1.82, 2.24) is 0 Å². The maximum atomic E-state index is 12.6. The third kappa shape index (κ3) is 35.9. The van der Waals surface area contributed by atoms with Gasteiger partial charge in [-0.3, -0.25) is 14.4 Å². The highest BCUT2D eigenvalue weighted by molar-refractivity contribution is 5.72. The summed E-state index contributed by atoms with van der Waals surface area (Å²) >= 11 is 0. The molecule has 6 nitrogen and oxygen atoms in total. The minimum atomic E-state index is -0.827. The number of esters is 3. The Balaban J connectivity index is 4.55. The minimum absolute atomic E-state index is 0.124. The van der Waals surface area contributed by atoms with Crippen LogP contribution in [0.2, 0.25) is 0 Å². The Bertz CT molecular complexity index is 1030. The molecule has 0 aromatic rings. The van der Waals surface area contributed by atoms with E-state index in [0.717, 1.165) is 96.3 Å². The van der Waals surface area contributed by atoms with Crippen LogP contribution in [0, 0.1) is 0 Å². The van der Waals surface area contributed by atoms with Crippen LogP contribution >= 0.6 is 0 Å². The van der Waals surface area contributed by atoms with Crippen LogP contribution in [0.1, 0.15) is 156 Å². The predicted octanol–water partition coefficient (Wildman–Crippen LogP) is 12.1. The fraction of sp³-hybridized carbons (Fsp3) is 0.614. The van der Waals surface area contributed by atoms with Crippen molar-refractivity contribution >= 4 is 17.9 Å². The lowest BCUT2D eigenvalue weighted by Gasteiger charge is -2.18. The monoisotopic (exact) mass is 695 g/mol. The van der Waals surface area contributed by atoms with Gasteiger partial charge in [0.25, 0.3) is 0 Å². The molecule has 0 saturated carbocycles. The molecule has 0 aliphatic rings. The van der Waals surface area contributed by atoms with Crippen molar-refractivity contribution in [2.75, 3.05) is 13.2 Å². The summed E-state index contributed by atoms with van der Waals surface area (Å²) in [6.07, 6.45) is 47.5. The molecule has 1 atom stereocenters. The molecule has 1 unspecified atom stereocenters. The molecule has 0 radical (unpaired) electrons. The summed E-state index contributed by atoms with van der Waals surface area (Å²) in [5, 5.41) is 0. The number of rotatable bonds is 33. The first kappa shape index (κ1) is 46.6. The highest BCUT2D eigenvalue weighted by Crippen LogP contribution is 2.11. The molecule has 0 fully saturated rings. The number of carbonyl (C=O) groups is 3. The van der Waals surface area contributed by atoms with Crippen LogP contribution in [0.25, 0.3) is 0 Å². The van der Waals surface area contributed by atoms with E-state index in [0.29, 0.717) is 12.8 Å². The molecule has 0 heterocycles. The van der Waals surface area contributed by atoms with Gasteiger partial charge >= 0.3 is 17.9 Å². The van der Waals surface area contributed by atoms with E-state index in [1.54, 1.807) is 6.08 Å². The third-order valence-electron chi connectivity index (χ3n) is 7.68. The molecule has 0 amide bonds. The number of ether oxygens (including phenoxy) is 3. The van der Waals surface area contributed by atoms with E-state index in [9.17, 15) is 14.4 Å². The largest absolute Gasteiger partial charge is 0.462 e. The van der Waals surface area contributed by atoms with Gasteiger partial charge in [0.15, 0.2) is 6.10 Å². The van der Waals surface area contributed by atoms with E-state index in [-0.39, 0.29) is 38.0 Å². The highest BCUT2D eigenvalue weighted by Gasteiger charge is 2.19. The van der Waals surface area contributed by atoms with Crippen molar-refractivity contribution in [3.8, 4) is 0 Å². The van der Waals surface area contributed by atoms with Crippen molar-refractivity contribution in [3.63, 3.8) is 0 Å². The van der Waals surface area contributed by atoms with Crippen LogP contribution in [-0.4, -0.2) is 37.2 Å². The average molecular weight is 695 g/mol. The average Bonchev–Trinajstić information content (AvgIpc) is 3.11. The fourth-order valence-electron chi connectivity index (χ4n) is 4.75. The normalized spacial score (nSPS) is 12.9. The van der Waals surface area contributed by atoms with Crippen LogP contribution < -0.4 is 0 Å². The molecule has 0 rings (SSSR count). The smallest absolute Gasteiger partial charge is 0.309 e. The zero-order valence-electron chi connectivity index (χ0n) is 31.9. The standard InChI is InChI=1S/C44H70O6/c1-4-7-10-13-16-19-21-23-25-28-31-34-37-43(46)49-40-41(39-48-42(45)36-33-30-27-24-18-15-12-9-6-3)50-44(47)38-35-32-29-26-22-20-17-14-11-8-5-2/h7,9-10,12,14,16-20,22,24,30,33,41H,4-6,8,11,13,15,21,23,25-29,31-32,34-40H2,1-3H3/b10-7-,12-9-,17-14-,19-16-,22-20-,24-18-,33-30-. The Morgan fingerprint density at radius 1 is 0.460 bits per heavy atom. The van der Waals surface area contributed by atoms with Gasteiger partial charge in [0.1, 0.15) is 13.2 Å². The molecule has 6 heteroatoms. The maximum Gasteiger partial charge on any atom is 0.309 e. The van der Waals surface area contributed by atoms with Crippen molar-refractivity contribution in [2.24, 2.45) is 0 Å². The second-order valence-corrected chi connectivity index (χ2v) is 12.5. The lowest BCUT2D eigenvalue weighted by molar-refractivity contribution is -0.166. The van der Waals surface area contributed by atoms with E-state index < -0.39 is 12.1 Å². The molecule has 0 saturated heterocycles. The predicted molar refractivity (Wildman–Crippen MR) is 210 cm³/mol. The minimum Gasteiger partial charge on any atom is -0.462 e. The second-order valence-electron chi connectivity index (χ2n) is 12.5. The van der Waals surface area contributed by atoms with Crippen LogP contribution in [0.5, 0.6) is 0 Å². The van der Waals surface area contributed by atoms with Crippen LogP contribution in [0.15, 0.2) is 85.1 Å². The number of hydrogen-bond acceptors (Lipinski definition) is 6. The maximum absolute atomic E-state index is 12.6. The number of allylic oxidation sites excluding steroid dienone is 13. The molecule has 0 spiro atoms. The Morgan fingerprint density at radius 2 is 0.920 bits per heavy atom. The lowest BCUT2D eigenvalue weighted by atomic mass is 10.1. The fourth-order valence-corrected chi connectivity index (χ4v) is 4.75. The van der Waals surface area contributed by atoms with Gasteiger partial charge in [0.05, 0.1) is 6.42 Å². The summed E-state index contributed by atoms with van der Waals surface area (Å²) in [5.41, 5.74) is 0. The van der Waals surface area contributed by atoms with Gasteiger partial charge in [0.2, 0.25) is 0 Å². The van der Waals surface area contributed by atoms with E-state index in [1.807, 2.05) is 6.08 Å². The summed E-state index contributed by atoms with van der Waals surface area (Å²) in [7, 11) is 0. The van der Waals surface area contributed by atoms with E-state index in [2.05, 4.69) is 93.7 Å². The molecule has 282 valence electrons. The summed E-state index contributed by atoms with van der Waals surface area (Å²) in [6, 6.07) is 0. The third-order valence-corrected chi connectivity index (χ3v) is 7.68. The van der Waals surface area contributed by atoms with E-state index in [4.69, 9.17) is 14.2 Å². The van der Waals surface area contributed by atoms with Gasteiger partial charge < -0.3 is 14.2 Å². The van der Waals surface area contributed by atoms with E-state index in [1.165, 1.54) is 12.8 Å². The lowest BCUT2D eigenvalue weighted by Crippen LogP contribution is -2.30. The van der Waals surface area contributed by atoms with Gasteiger partial charge in [-0.1, -0.05) is 144 Å². The first-order valence-corrected chi connectivity index (χ1v) is 19.6. The Labute approximate surface area is 305 Å². The SMILES string of the molecule is CC/C=C\C/C=C\C/C=C\CC(=O)OCC(COC(=O)CCCCCCC/C=C\C/C=C\CC)OC(=O)CCCCC/C=C\C=C/CCCC. The quantitative estimate of drug-likeness (QED) is 0.0224. The van der Waals surface area contributed by atoms with E-state index >= 15 is 0 Å². The molecule has 0 bridgehead atoms. The van der Waals surface area contributed by atoms with Gasteiger partial charge in [-0.25, -0.2) is 0 Å². The van der Waals surface area contributed by atoms with Crippen molar-refractivity contribution < 1.29 is 28.6 Å². The van der Waals surface area contributed by atoms with Crippen molar-refractivity contribution in [1.29, 1.82) is 0 Å². The van der Waals surface area contributed by atoms with Crippen molar-refractivity contribution in [3.05, 3.63) is 85.1 Å². The Morgan fingerprint density at radius 3 is 1.54 bits per heavy atom. The molecule has 0 aliphatic carbocycles. The first-order valence-electron chi connectivity index (χ1n) is 19.6. The van der Waals surface area contributed by atoms with Crippen LogP contribution in [-0.2, 0) is 28.6 Å². The van der Waals surface area contributed by atoms with Crippen molar-refractivity contribution in [2.45, 2.75) is 162 Å². The number of hydrogen-bond donors (Lipinski definition) is 0. The van der Waals surface area contributed by atoms with Crippen LogP contribution in [0.4, 0.5) is 0 Å². The first-order chi connectivity index (χ1) is 24.5. The summed E-state index contributed by atoms with van der Waals surface area (Å²) in [5.74, 6) is -1.11. The molecular formula is C44H70O6. The highest BCUT2D eigenvalue weighted by atomic mass is 16.6. The van der Waals surface area contributed by atoms with Crippen LogP contribution in [0.3, 0.4) is 0 Å². The summed E-state index contributed by atoms with van der Waals surface area (Å²) in [4.78, 5) is 37.4.